The Labute approximate surface area is 92.9 Å². The molecule has 0 fully saturated rings. The first-order valence-electron chi connectivity index (χ1n) is 4.36. The monoisotopic (exact) mass is 226 g/mol. The molecule has 1 N–H and O–H groups in total. The fourth-order valence-electron chi connectivity index (χ4n) is 1.06. The molecule has 0 aliphatic heterocycles. The van der Waals surface area contributed by atoms with E-state index < -0.39 is 11.7 Å². The predicted octanol–water partition coefficient (Wildman–Crippen LogP) is 2.50. The maximum Gasteiger partial charge on any atom is 0.372 e. The third-order valence-electron chi connectivity index (χ3n) is 1.87. The second-order valence-electron chi connectivity index (χ2n) is 2.88. The second-order valence-corrected chi connectivity index (χ2v) is 3.28. The van der Waals surface area contributed by atoms with Gasteiger partial charge in [0, 0.05) is 5.02 Å². The lowest BCUT2D eigenvalue weighted by Gasteiger charge is -2.00. The molecule has 0 saturated carbocycles. The molecule has 0 spiro atoms. The van der Waals surface area contributed by atoms with Gasteiger partial charge in [-0.1, -0.05) is 29.8 Å². The molecular weight excluding hydrogens is 216 g/mol. The fourth-order valence-corrected chi connectivity index (χ4v) is 1.27. The van der Waals surface area contributed by atoms with E-state index in [0.29, 0.717) is 11.4 Å². The van der Waals surface area contributed by atoms with E-state index in [4.69, 9.17) is 11.6 Å². The Hall–Kier alpha value is -1.48. The molecule has 15 heavy (non-hydrogen) atoms. The van der Waals surface area contributed by atoms with Crippen molar-refractivity contribution in [3.63, 3.8) is 0 Å². The first kappa shape index (κ1) is 11.6. The van der Waals surface area contributed by atoms with Crippen LogP contribution >= 0.6 is 11.6 Å². The standard InChI is InChI=1S/C11H11ClO3/c1-15-11(14)10(13)7-6-8-4-2-3-5-9(8)12/h2-5,7,13H,6H2,1H3. The summed E-state index contributed by atoms with van der Waals surface area (Å²) >= 11 is 5.89. The van der Waals surface area contributed by atoms with Crippen molar-refractivity contribution in [3.8, 4) is 0 Å². The molecule has 1 aromatic rings. The average molecular weight is 227 g/mol. The molecule has 0 aromatic heterocycles. The number of hydrogen-bond acceptors (Lipinski definition) is 3. The van der Waals surface area contributed by atoms with E-state index in [1.54, 1.807) is 6.07 Å². The Morgan fingerprint density at radius 1 is 1.53 bits per heavy atom. The van der Waals surface area contributed by atoms with E-state index >= 15 is 0 Å². The molecule has 3 nitrogen and oxygen atoms in total. The number of carbonyl (C=O) groups excluding carboxylic acids is 1. The molecule has 0 aliphatic rings. The number of halogens is 1. The molecule has 0 radical (unpaired) electrons. The highest BCUT2D eigenvalue weighted by atomic mass is 35.5. The summed E-state index contributed by atoms with van der Waals surface area (Å²) in [6, 6.07) is 7.23. The van der Waals surface area contributed by atoms with Crippen LogP contribution in [0.1, 0.15) is 5.56 Å². The summed E-state index contributed by atoms with van der Waals surface area (Å²) < 4.78 is 4.34. The van der Waals surface area contributed by atoms with Gasteiger partial charge in [-0.05, 0) is 24.1 Å². The molecular formula is C11H11ClO3. The zero-order valence-corrected chi connectivity index (χ0v) is 8.99. The zero-order valence-electron chi connectivity index (χ0n) is 8.24. The van der Waals surface area contributed by atoms with Crippen LogP contribution in [0.15, 0.2) is 36.1 Å². The normalized spacial score (nSPS) is 11.2. The van der Waals surface area contributed by atoms with Crippen molar-refractivity contribution >= 4 is 17.6 Å². The summed E-state index contributed by atoms with van der Waals surface area (Å²) in [5.74, 6) is -1.15. The van der Waals surface area contributed by atoms with Crippen LogP contribution in [0.2, 0.25) is 5.02 Å². The van der Waals surface area contributed by atoms with Gasteiger partial charge in [0.25, 0.3) is 0 Å². The Kier molecular flexibility index (Phi) is 4.18. The highest BCUT2D eigenvalue weighted by Crippen LogP contribution is 2.16. The zero-order chi connectivity index (χ0) is 11.3. The molecule has 4 heteroatoms. The van der Waals surface area contributed by atoms with Crippen LogP contribution in [0.4, 0.5) is 0 Å². The minimum Gasteiger partial charge on any atom is -0.502 e. The van der Waals surface area contributed by atoms with Gasteiger partial charge in [-0.15, -0.1) is 0 Å². The maximum atomic E-state index is 10.8. The number of hydrogen-bond donors (Lipinski definition) is 1. The Morgan fingerprint density at radius 2 is 2.20 bits per heavy atom. The molecule has 1 rings (SSSR count). The van der Waals surface area contributed by atoms with Crippen molar-refractivity contribution in [3.05, 3.63) is 46.7 Å². The number of aliphatic hydroxyl groups excluding tert-OH is 1. The number of ether oxygens (including phenoxy) is 1. The van der Waals surface area contributed by atoms with Gasteiger partial charge in [0.05, 0.1) is 7.11 Å². The Bertz CT molecular complexity index is 385. The molecule has 0 atom stereocenters. The number of carbonyl (C=O) groups is 1. The highest BCUT2D eigenvalue weighted by Gasteiger charge is 2.06. The van der Waals surface area contributed by atoms with E-state index in [2.05, 4.69) is 4.74 Å². The lowest BCUT2D eigenvalue weighted by Crippen LogP contribution is -2.04. The first-order valence-corrected chi connectivity index (χ1v) is 4.73. The Balaban J connectivity index is 2.72. The van der Waals surface area contributed by atoms with Gasteiger partial charge >= 0.3 is 5.97 Å². The lowest BCUT2D eigenvalue weighted by atomic mass is 10.1. The minimum absolute atomic E-state index is 0.389. The summed E-state index contributed by atoms with van der Waals surface area (Å²) in [5.41, 5.74) is 0.842. The minimum atomic E-state index is -0.748. The highest BCUT2D eigenvalue weighted by molar-refractivity contribution is 6.31. The largest absolute Gasteiger partial charge is 0.502 e. The summed E-state index contributed by atoms with van der Waals surface area (Å²) in [7, 11) is 1.21. The van der Waals surface area contributed by atoms with Crippen LogP contribution < -0.4 is 0 Å². The van der Waals surface area contributed by atoms with Crippen molar-refractivity contribution in [2.24, 2.45) is 0 Å². The predicted molar refractivity (Wildman–Crippen MR) is 57.9 cm³/mol. The molecule has 0 saturated heterocycles. The van der Waals surface area contributed by atoms with Crippen LogP contribution in [-0.4, -0.2) is 18.2 Å². The summed E-state index contributed by atoms with van der Waals surface area (Å²) in [6.07, 6.45) is 1.76. The van der Waals surface area contributed by atoms with Crippen molar-refractivity contribution in [2.45, 2.75) is 6.42 Å². The van der Waals surface area contributed by atoms with Gasteiger partial charge in [-0.3, -0.25) is 0 Å². The van der Waals surface area contributed by atoms with Gasteiger partial charge in [-0.25, -0.2) is 4.79 Å². The first-order chi connectivity index (χ1) is 7.15. The number of aliphatic hydroxyl groups is 1. The van der Waals surface area contributed by atoms with Crippen molar-refractivity contribution in [2.75, 3.05) is 7.11 Å². The summed E-state index contributed by atoms with van der Waals surface area (Å²) in [6.45, 7) is 0. The van der Waals surface area contributed by atoms with E-state index in [-0.39, 0.29) is 0 Å². The number of esters is 1. The van der Waals surface area contributed by atoms with Crippen LogP contribution in [-0.2, 0) is 16.0 Å². The van der Waals surface area contributed by atoms with Crippen LogP contribution in [0.3, 0.4) is 0 Å². The van der Waals surface area contributed by atoms with Gasteiger partial charge in [0.1, 0.15) is 0 Å². The number of benzene rings is 1. The molecule has 0 bridgehead atoms. The van der Waals surface area contributed by atoms with E-state index in [0.717, 1.165) is 5.56 Å². The second kappa shape index (κ2) is 5.41. The third kappa shape index (κ3) is 3.29. The average Bonchev–Trinajstić information content (AvgIpc) is 2.26. The van der Waals surface area contributed by atoms with Gasteiger partial charge < -0.3 is 9.84 Å². The number of rotatable bonds is 3. The van der Waals surface area contributed by atoms with E-state index in [9.17, 15) is 9.90 Å². The van der Waals surface area contributed by atoms with Crippen LogP contribution in [0.5, 0.6) is 0 Å². The van der Waals surface area contributed by atoms with Crippen LogP contribution in [0, 0.1) is 0 Å². The van der Waals surface area contributed by atoms with Gasteiger partial charge in [-0.2, -0.15) is 0 Å². The SMILES string of the molecule is COC(=O)C(O)=CCc1ccccc1Cl. The van der Waals surface area contributed by atoms with Crippen LogP contribution in [0.25, 0.3) is 0 Å². The molecule has 0 amide bonds. The topological polar surface area (TPSA) is 46.5 Å². The quantitative estimate of drug-likeness (QED) is 0.489. The number of methoxy groups -OCH3 is 1. The summed E-state index contributed by atoms with van der Waals surface area (Å²) in [4.78, 5) is 10.8. The van der Waals surface area contributed by atoms with Crippen molar-refractivity contribution in [1.82, 2.24) is 0 Å². The van der Waals surface area contributed by atoms with E-state index in [1.807, 2.05) is 18.2 Å². The third-order valence-corrected chi connectivity index (χ3v) is 2.24. The molecule has 0 unspecified atom stereocenters. The van der Waals surface area contributed by atoms with Crippen molar-refractivity contribution < 1.29 is 14.6 Å². The molecule has 0 heterocycles. The molecule has 0 aliphatic carbocycles. The maximum absolute atomic E-state index is 10.8. The summed E-state index contributed by atoms with van der Waals surface area (Å²) in [5, 5.41) is 9.82. The Morgan fingerprint density at radius 3 is 2.80 bits per heavy atom. The smallest absolute Gasteiger partial charge is 0.372 e. The van der Waals surface area contributed by atoms with E-state index in [1.165, 1.54) is 13.2 Å². The van der Waals surface area contributed by atoms with Gasteiger partial charge in [0.2, 0.25) is 0 Å². The molecule has 1 aromatic carbocycles. The lowest BCUT2D eigenvalue weighted by molar-refractivity contribution is -0.139. The number of allylic oxidation sites excluding steroid dienone is 1. The van der Waals surface area contributed by atoms with Crippen molar-refractivity contribution in [1.29, 1.82) is 0 Å². The fraction of sp³-hybridized carbons (Fsp3) is 0.182. The van der Waals surface area contributed by atoms with Gasteiger partial charge in [0.15, 0.2) is 5.76 Å². The molecule has 80 valence electrons.